The molecule has 2 N–H and O–H groups in total. The highest BCUT2D eigenvalue weighted by atomic mass is 19.3. The minimum absolute atomic E-state index is 0.136. The van der Waals surface area contributed by atoms with Crippen LogP contribution >= 0.6 is 0 Å². The molecule has 1 fully saturated rings. The molecule has 0 spiro atoms. The predicted molar refractivity (Wildman–Crippen MR) is 67.7 cm³/mol. The average molecular weight is 271 g/mol. The Morgan fingerprint density at radius 3 is 2.84 bits per heavy atom. The first-order valence-corrected chi connectivity index (χ1v) is 6.01. The highest BCUT2D eigenvalue weighted by Gasteiger charge is 2.45. The van der Waals surface area contributed by atoms with E-state index < -0.39 is 12.0 Å². The van der Waals surface area contributed by atoms with Crippen LogP contribution in [0.25, 0.3) is 0 Å². The quantitative estimate of drug-likeness (QED) is 0.852. The summed E-state index contributed by atoms with van der Waals surface area (Å²) in [4.78, 5) is 1.58. The molecule has 1 aliphatic heterocycles. The number of likely N-dealkylation sites (tertiary alicyclic amines) is 1. The summed E-state index contributed by atoms with van der Waals surface area (Å²) in [5.74, 6) is -2.42. The molecule has 0 aliphatic carbocycles. The molecule has 1 heterocycles. The molecule has 4 nitrogen and oxygen atoms in total. The van der Waals surface area contributed by atoms with Crippen molar-refractivity contribution in [3.8, 4) is 11.5 Å². The normalized spacial score (nSPS) is 23.1. The first-order chi connectivity index (χ1) is 8.92. The van der Waals surface area contributed by atoms with Crippen LogP contribution in [0.15, 0.2) is 12.1 Å². The Kier molecular flexibility index (Phi) is 3.80. The van der Waals surface area contributed by atoms with Crippen LogP contribution in [0.1, 0.15) is 6.42 Å². The number of hydrogen-bond acceptors (Lipinski definition) is 4. The maximum atomic E-state index is 13.9. The van der Waals surface area contributed by atoms with Crippen LogP contribution in [-0.2, 0) is 0 Å². The summed E-state index contributed by atoms with van der Waals surface area (Å²) in [6, 6.07) is 5.87. The molecule has 0 amide bonds. The van der Waals surface area contributed by atoms with Gasteiger partial charge in [0.25, 0.3) is 5.92 Å². The summed E-state index contributed by atoms with van der Waals surface area (Å²) >= 11 is 0. The molecule has 0 unspecified atom stereocenters. The second-order valence-electron chi connectivity index (χ2n) is 4.71. The lowest BCUT2D eigenvalue weighted by molar-refractivity contribution is -0.135. The number of nitrogens with zero attached hydrogens (tertiary/aromatic N) is 1. The van der Waals surface area contributed by atoms with Crippen LogP contribution in [-0.4, -0.2) is 44.2 Å². The van der Waals surface area contributed by atoms with E-state index >= 15 is 0 Å². The predicted octanol–water partition coefficient (Wildman–Crippen LogP) is 1.80. The second-order valence-corrected chi connectivity index (χ2v) is 4.71. The maximum absolute atomic E-state index is 13.9. The summed E-state index contributed by atoms with van der Waals surface area (Å²) in [6.45, 7) is 0.243. The third-order valence-electron chi connectivity index (χ3n) is 3.10. The topological polar surface area (TPSA) is 47.7 Å². The van der Waals surface area contributed by atoms with Crippen molar-refractivity contribution in [2.75, 3.05) is 33.0 Å². The van der Waals surface area contributed by atoms with Gasteiger partial charge in [0.05, 0.1) is 19.7 Å². The van der Waals surface area contributed by atoms with Crippen molar-refractivity contribution < 1.29 is 18.3 Å². The molecule has 105 valence electrons. The van der Waals surface area contributed by atoms with Crippen LogP contribution < -0.4 is 15.2 Å². The van der Waals surface area contributed by atoms with Gasteiger partial charge in [-0.1, -0.05) is 0 Å². The average Bonchev–Trinajstić information content (AvgIpc) is 2.32. The summed E-state index contributed by atoms with van der Waals surface area (Å²) in [5.41, 5.74) is 5.92. The van der Waals surface area contributed by atoms with E-state index in [2.05, 4.69) is 6.07 Å². The van der Waals surface area contributed by atoms with Crippen molar-refractivity contribution in [1.29, 1.82) is 0 Å². The molecular formula is C13H17F2N2O2. The number of nitrogens with two attached hydrogens (primary N) is 1. The van der Waals surface area contributed by atoms with E-state index in [1.54, 1.807) is 24.1 Å². The number of rotatable bonds is 3. The summed E-state index contributed by atoms with van der Waals surface area (Å²) in [6.07, 6.45) is -0.939. The lowest BCUT2D eigenvalue weighted by Crippen LogP contribution is -2.52. The fourth-order valence-corrected chi connectivity index (χ4v) is 2.10. The van der Waals surface area contributed by atoms with E-state index in [4.69, 9.17) is 15.2 Å². The summed E-state index contributed by atoms with van der Waals surface area (Å²) < 4.78 is 38.2. The van der Waals surface area contributed by atoms with Crippen LogP contribution in [0.5, 0.6) is 11.5 Å². The number of benzene rings is 1. The number of ether oxygens (including phenoxy) is 2. The molecule has 1 atom stereocenters. The first-order valence-electron chi connectivity index (χ1n) is 6.01. The molecule has 1 aromatic rings. The van der Waals surface area contributed by atoms with Gasteiger partial charge in [-0.25, -0.2) is 8.78 Å². The SMILES string of the molecule is COc1ccc(N)[c]c1O[C@@H]1CCN(C)CC1(F)F. The van der Waals surface area contributed by atoms with E-state index in [9.17, 15) is 8.78 Å². The first kappa shape index (κ1) is 13.9. The van der Waals surface area contributed by atoms with Crippen molar-refractivity contribution >= 4 is 5.69 Å². The molecule has 1 aromatic carbocycles. The van der Waals surface area contributed by atoms with Gasteiger partial charge < -0.3 is 20.1 Å². The fraction of sp³-hybridized carbons (Fsp3) is 0.538. The molecule has 6 heteroatoms. The molecule has 19 heavy (non-hydrogen) atoms. The number of halogens is 2. The monoisotopic (exact) mass is 271 g/mol. The van der Waals surface area contributed by atoms with Crippen LogP contribution in [0.3, 0.4) is 0 Å². The number of alkyl halides is 2. The Morgan fingerprint density at radius 2 is 2.21 bits per heavy atom. The molecule has 1 aliphatic rings. The Morgan fingerprint density at radius 1 is 1.47 bits per heavy atom. The van der Waals surface area contributed by atoms with Gasteiger partial charge in [0.1, 0.15) is 0 Å². The van der Waals surface area contributed by atoms with Crippen LogP contribution in [0.2, 0.25) is 0 Å². The smallest absolute Gasteiger partial charge is 0.296 e. The number of anilines is 1. The minimum atomic E-state index is -2.91. The summed E-state index contributed by atoms with van der Waals surface area (Å²) in [7, 11) is 3.11. The number of nitrogen functional groups attached to an aromatic ring is 1. The molecule has 0 saturated carbocycles. The van der Waals surface area contributed by atoms with Crippen LogP contribution in [0, 0.1) is 6.07 Å². The lowest BCUT2D eigenvalue weighted by atomic mass is 10.0. The molecule has 1 radical (unpaired) electrons. The van der Waals surface area contributed by atoms with Gasteiger partial charge in [-0.3, -0.25) is 0 Å². The highest BCUT2D eigenvalue weighted by Crippen LogP contribution is 2.35. The number of piperidine rings is 1. The Labute approximate surface area is 111 Å². The van der Waals surface area contributed by atoms with E-state index in [0.29, 0.717) is 18.0 Å². The van der Waals surface area contributed by atoms with E-state index in [1.165, 1.54) is 7.11 Å². The zero-order valence-corrected chi connectivity index (χ0v) is 11.0. The Hall–Kier alpha value is -1.56. The van der Waals surface area contributed by atoms with Crippen molar-refractivity contribution in [2.24, 2.45) is 0 Å². The molecule has 2 rings (SSSR count). The maximum Gasteiger partial charge on any atom is 0.296 e. The number of hydrogen-bond donors (Lipinski definition) is 1. The van der Waals surface area contributed by atoms with Gasteiger partial charge in [-0.05, 0) is 19.2 Å². The fourth-order valence-electron chi connectivity index (χ4n) is 2.10. The highest BCUT2D eigenvalue weighted by molar-refractivity contribution is 5.50. The van der Waals surface area contributed by atoms with Crippen molar-refractivity contribution in [3.63, 3.8) is 0 Å². The van der Waals surface area contributed by atoms with Gasteiger partial charge in [-0.2, -0.15) is 0 Å². The van der Waals surface area contributed by atoms with Gasteiger partial charge in [0.2, 0.25) is 0 Å². The third-order valence-corrected chi connectivity index (χ3v) is 3.10. The zero-order valence-electron chi connectivity index (χ0n) is 11.0. The van der Waals surface area contributed by atoms with Crippen LogP contribution in [0.4, 0.5) is 14.5 Å². The second kappa shape index (κ2) is 5.21. The lowest BCUT2D eigenvalue weighted by Gasteiger charge is -2.36. The molecule has 0 aromatic heterocycles. The van der Waals surface area contributed by atoms with E-state index in [1.807, 2.05) is 0 Å². The van der Waals surface area contributed by atoms with Gasteiger partial charge in [0, 0.05) is 18.7 Å². The van der Waals surface area contributed by atoms with Gasteiger partial charge in [-0.15, -0.1) is 0 Å². The van der Waals surface area contributed by atoms with Crippen molar-refractivity contribution in [3.05, 3.63) is 18.2 Å². The Bertz CT molecular complexity index is 454. The molecular weight excluding hydrogens is 254 g/mol. The van der Waals surface area contributed by atoms with Gasteiger partial charge >= 0.3 is 0 Å². The van der Waals surface area contributed by atoms with Crippen molar-refractivity contribution in [1.82, 2.24) is 4.90 Å². The molecule has 0 bridgehead atoms. The molecule has 1 saturated heterocycles. The Balaban J connectivity index is 2.18. The van der Waals surface area contributed by atoms with Crippen molar-refractivity contribution in [2.45, 2.75) is 18.4 Å². The zero-order chi connectivity index (χ0) is 14.0. The standard InChI is InChI=1S/C13H17F2N2O2/c1-17-6-5-12(13(14,15)8-17)19-11-7-9(16)3-4-10(11)18-2/h3-4,12H,5-6,8,16H2,1-2H3/t12-/m1/s1. The number of methoxy groups -OCH3 is 1. The third kappa shape index (κ3) is 3.07. The van der Waals surface area contributed by atoms with E-state index in [-0.39, 0.29) is 18.7 Å². The minimum Gasteiger partial charge on any atom is -0.493 e. The summed E-state index contributed by atoms with van der Waals surface area (Å²) in [5, 5.41) is 0. The van der Waals surface area contributed by atoms with E-state index in [0.717, 1.165) is 0 Å². The largest absolute Gasteiger partial charge is 0.493 e. The van der Waals surface area contributed by atoms with Gasteiger partial charge in [0.15, 0.2) is 17.6 Å².